The molecular formula is C6H7NO3. The molecule has 2 heterocycles. The van der Waals surface area contributed by atoms with Crippen molar-refractivity contribution in [2.75, 3.05) is 0 Å². The Kier molecular flexibility index (Phi) is 0.990. The highest BCUT2D eigenvalue weighted by Gasteiger charge is 2.25. The third-order valence-corrected chi connectivity index (χ3v) is 1.63. The quantitative estimate of drug-likeness (QED) is 0.547. The van der Waals surface area contributed by atoms with Crippen LogP contribution < -0.4 is 0 Å². The van der Waals surface area contributed by atoms with Gasteiger partial charge in [0.05, 0.1) is 0 Å². The van der Waals surface area contributed by atoms with Crippen molar-refractivity contribution in [3.63, 3.8) is 0 Å². The van der Waals surface area contributed by atoms with Gasteiger partial charge < -0.3 is 14.6 Å². The van der Waals surface area contributed by atoms with Crippen LogP contribution in [0.25, 0.3) is 0 Å². The standard InChI is InChI=1S/C6H7NO3/c8-3-1-2-4-7-5(3)6(9)10-4/h3,8-9H,1-2H2. The average molecular weight is 141 g/mol. The van der Waals surface area contributed by atoms with Gasteiger partial charge in [-0.2, -0.15) is 0 Å². The summed E-state index contributed by atoms with van der Waals surface area (Å²) in [6.07, 6.45) is 0.554. The third kappa shape index (κ3) is 0.623. The molecule has 4 heteroatoms. The van der Waals surface area contributed by atoms with Gasteiger partial charge in [0.15, 0.2) is 11.6 Å². The Bertz CT molecular complexity index is 255. The SMILES string of the molecule is Oc1oc2nc1C(O)CC2. The lowest BCUT2D eigenvalue weighted by molar-refractivity contribution is 0.155. The van der Waals surface area contributed by atoms with E-state index in [-0.39, 0.29) is 11.6 Å². The molecule has 0 aliphatic carbocycles. The summed E-state index contributed by atoms with van der Waals surface area (Å²) in [7, 11) is 0. The summed E-state index contributed by atoms with van der Waals surface area (Å²) in [6, 6.07) is 0. The molecule has 1 aliphatic heterocycles. The Morgan fingerprint density at radius 1 is 1.60 bits per heavy atom. The molecule has 1 aromatic rings. The van der Waals surface area contributed by atoms with Crippen molar-refractivity contribution in [2.45, 2.75) is 18.9 Å². The van der Waals surface area contributed by atoms with E-state index in [1.54, 1.807) is 0 Å². The monoisotopic (exact) mass is 141 g/mol. The average Bonchev–Trinajstić information content (AvgIpc) is 2.21. The van der Waals surface area contributed by atoms with Gasteiger partial charge in [0.1, 0.15) is 6.10 Å². The molecule has 1 atom stereocenters. The molecule has 54 valence electrons. The van der Waals surface area contributed by atoms with E-state index in [1.807, 2.05) is 0 Å². The minimum atomic E-state index is -0.647. The van der Waals surface area contributed by atoms with Crippen LogP contribution in [0.4, 0.5) is 0 Å². The molecule has 2 N–H and O–H groups in total. The maximum absolute atomic E-state index is 9.16. The van der Waals surface area contributed by atoms with E-state index < -0.39 is 6.10 Å². The molecule has 10 heavy (non-hydrogen) atoms. The van der Waals surface area contributed by atoms with Crippen LogP contribution in [-0.4, -0.2) is 15.2 Å². The largest absolute Gasteiger partial charge is 0.479 e. The second-order valence-corrected chi connectivity index (χ2v) is 2.35. The summed E-state index contributed by atoms with van der Waals surface area (Å²) in [5, 5.41) is 18.1. The molecule has 0 spiro atoms. The zero-order valence-corrected chi connectivity index (χ0v) is 5.24. The van der Waals surface area contributed by atoms with Crippen LogP contribution in [0.1, 0.15) is 24.1 Å². The fraction of sp³-hybridized carbons (Fsp3) is 0.500. The van der Waals surface area contributed by atoms with E-state index in [0.29, 0.717) is 18.7 Å². The van der Waals surface area contributed by atoms with Crippen LogP contribution in [0.3, 0.4) is 0 Å². The number of rotatable bonds is 0. The predicted molar refractivity (Wildman–Crippen MR) is 31.4 cm³/mol. The lowest BCUT2D eigenvalue weighted by atomic mass is 10.1. The van der Waals surface area contributed by atoms with Gasteiger partial charge in [0.2, 0.25) is 0 Å². The number of aliphatic hydroxyl groups excluding tert-OH is 1. The van der Waals surface area contributed by atoms with Gasteiger partial charge in [-0.25, -0.2) is 4.98 Å². The van der Waals surface area contributed by atoms with E-state index in [2.05, 4.69) is 4.98 Å². The summed E-state index contributed by atoms with van der Waals surface area (Å²) in [6.45, 7) is 0. The number of nitrogens with zero attached hydrogens (tertiary/aromatic N) is 1. The molecular weight excluding hydrogens is 134 g/mol. The maximum atomic E-state index is 9.16. The van der Waals surface area contributed by atoms with Gasteiger partial charge in [-0.05, 0) is 6.42 Å². The Balaban J connectivity index is 2.53. The Morgan fingerprint density at radius 3 is 3.10 bits per heavy atom. The maximum Gasteiger partial charge on any atom is 0.308 e. The molecule has 0 saturated heterocycles. The molecule has 0 fully saturated rings. The number of aliphatic hydroxyl groups is 1. The molecule has 2 rings (SSSR count). The van der Waals surface area contributed by atoms with Gasteiger partial charge in [0, 0.05) is 6.42 Å². The van der Waals surface area contributed by atoms with Crippen molar-refractivity contribution in [1.29, 1.82) is 0 Å². The predicted octanol–water partition coefficient (Wildman–Crippen LogP) is 0.360. The molecule has 0 amide bonds. The van der Waals surface area contributed by atoms with E-state index in [1.165, 1.54) is 0 Å². The number of hydrogen-bond donors (Lipinski definition) is 2. The van der Waals surface area contributed by atoms with Crippen LogP contribution >= 0.6 is 0 Å². The number of aromatic nitrogens is 1. The summed E-state index contributed by atoms with van der Waals surface area (Å²) in [4.78, 5) is 3.83. The first-order valence-electron chi connectivity index (χ1n) is 3.14. The first-order valence-corrected chi connectivity index (χ1v) is 3.14. The van der Waals surface area contributed by atoms with Crippen molar-refractivity contribution in [1.82, 2.24) is 4.98 Å². The van der Waals surface area contributed by atoms with Crippen molar-refractivity contribution in [3.05, 3.63) is 11.6 Å². The highest BCUT2D eigenvalue weighted by Crippen LogP contribution is 2.32. The van der Waals surface area contributed by atoms with Crippen LogP contribution in [0.2, 0.25) is 0 Å². The van der Waals surface area contributed by atoms with Gasteiger partial charge in [-0.3, -0.25) is 0 Å². The molecule has 0 radical (unpaired) electrons. The second kappa shape index (κ2) is 1.73. The van der Waals surface area contributed by atoms with E-state index >= 15 is 0 Å². The van der Waals surface area contributed by atoms with Crippen LogP contribution in [0.5, 0.6) is 5.95 Å². The van der Waals surface area contributed by atoms with E-state index in [4.69, 9.17) is 14.6 Å². The lowest BCUT2D eigenvalue weighted by Crippen LogP contribution is -2.05. The minimum Gasteiger partial charge on any atom is -0.479 e. The van der Waals surface area contributed by atoms with Crippen molar-refractivity contribution >= 4 is 0 Å². The van der Waals surface area contributed by atoms with Crippen LogP contribution in [0, 0.1) is 0 Å². The molecule has 2 bridgehead atoms. The summed E-state index contributed by atoms with van der Waals surface area (Å²) in [5.74, 6) is 0.276. The molecule has 0 aromatic carbocycles. The topological polar surface area (TPSA) is 66.5 Å². The zero-order valence-electron chi connectivity index (χ0n) is 5.24. The number of aryl methyl sites for hydroxylation is 1. The third-order valence-electron chi connectivity index (χ3n) is 1.63. The molecule has 1 aliphatic rings. The van der Waals surface area contributed by atoms with Gasteiger partial charge in [-0.15, -0.1) is 0 Å². The highest BCUT2D eigenvalue weighted by atomic mass is 16.5. The van der Waals surface area contributed by atoms with Gasteiger partial charge >= 0.3 is 5.95 Å². The number of oxazole rings is 1. The summed E-state index contributed by atoms with van der Waals surface area (Å²) >= 11 is 0. The highest BCUT2D eigenvalue weighted by molar-refractivity contribution is 5.19. The first-order chi connectivity index (χ1) is 4.77. The van der Waals surface area contributed by atoms with Gasteiger partial charge in [-0.1, -0.05) is 0 Å². The fourth-order valence-corrected chi connectivity index (χ4v) is 1.09. The summed E-state index contributed by atoms with van der Waals surface area (Å²) in [5.41, 5.74) is 0.279. The fourth-order valence-electron chi connectivity index (χ4n) is 1.09. The molecule has 4 nitrogen and oxygen atoms in total. The lowest BCUT2D eigenvalue weighted by Gasteiger charge is -2.06. The van der Waals surface area contributed by atoms with Gasteiger partial charge in [0.25, 0.3) is 0 Å². The van der Waals surface area contributed by atoms with Crippen molar-refractivity contribution < 1.29 is 14.6 Å². The first kappa shape index (κ1) is 5.73. The second-order valence-electron chi connectivity index (χ2n) is 2.35. The number of fused-ring (bicyclic) bond motifs is 2. The van der Waals surface area contributed by atoms with Crippen LogP contribution in [-0.2, 0) is 6.42 Å². The Labute approximate surface area is 57.1 Å². The minimum absolute atomic E-state index is 0.236. The summed E-state index contributed by atoms with van der Waals surface area (Å²) < 4.78 is 4.78. The number of aromatic hydroxyl groups is 1. The molecule has 0 saturated carbocycles. The van der Waals surface area contributed by atoms with Crippen LogP contribution in [0.15, 0.2) is 4.42 Å². The Morgan fingerprint density at radius 2 is 2.40 bits per heavy atom. The smallest absolute Gasteiger partial charge is 0.308 e. The molecule has 1 unspecified atom stereocenters. The van der Waals surface area contributed by atoms with Crippen molar-refractivity contribution in [2.24, 2.45) is 0 Å². The zero-order chi connectivity index (χ0) is 7.14. The van der Waals surface area contributed by atoms with E-state index in [9.17, 15) is 0 Å². The number of hydrogen-bond acceptors (Lipinski definition) is 4. The Hall–Kier alpha value is -1.03. The normalized spacial score (nSPS) is 23.1. The van der Waals surface area contributed by atoms with E-state index in [0.717, 1.165) is 0 Å². The molecule has 1 aromatic heterocycles. The van der Waals surface area contributed by atoms with Crippen molar-refractivity contribution in [3.8, 4) is 5.95 Å².